The lowest BCUT2D eigenvalue weighted by Crippen LogP contribution is -2.37. The number of hydrogen-bond acceptors (Lipinski definition) is 6. The maximum atomic E-state index is 13.5. The lowest BCUT2D eigenvalue weighted by Gasteiger charge is -2.26. The number of alkyl halides is 3. The summed E-state index contributed by atoms with van der Waals surface area (Å²) in [5.74, 6) is 0.319. The number of carbonyl (C=O) groups excluding carboxylic acids is 1. The predicted octanol–water partition coefficient (Wildman–Crippen LogP) is 5.91. The Morgan fingerprint density at radius 3 is 2.55 bits per heavy atom. The van der Waals surface area contributed by atoms with Gasteiger partial charge in [-0.25, -0.2) is 4.98 Å². The summed E-state index contributed by atoms with van der Waals surface area (Å²) in [6.45, 7) is 0. The van der Waals surface area contributed by atoms with Crippen molar-refractivity contribution in [3.63, 3.8) is 0 Å². The van der Waals surface area contributed by atoms with Crippen LogP contribution in [0.1, 0.15) is 27.1 Å². The van der Waals surface area contributed by atoms with Gasteiger partial charge in [0.15, 0.2) is 0 Å². The van der Waals surface area contributed by atoms with E-state index in [-0.39, 0.29) is 10.7 Å². The first-order valence-corrected chi connectivity index (χ1v) is 10.8. The van der Waals surface area contributed by atoms with Crippen LogP contribution in [-0.4, -0.2) is 18.0 Å². The predicted molar refractivity (Wildman–Crippen MR) is 115 cm³/mol. The Labute approximate surface area is 182 Å². The largest absolute Gasteiger partial charge is 0.497 e. The van der Waals surface area contributed by atoms with E-state index in [0.29, 0.717) is 32.1 Å². The van der Waals surface area contributed by atoms with Crippen molar-refractivity contribution in [1.29, 1.82) is 0 Å². The van der Waals surface area contributed by atoms with Gasteiger partial charge in [-0.15, -0.1) is 22.7 Å². The van der Waals surface area contributed by atoms with Crippen molar-refractivity contribution in [2.45, 2.75) is 12.3 Å². The van der Waals surface area contributed by atoms with E-state index in [1.54, 1.807) is 36.8 Å². The van der Waals surface area contributed by atoms with Crippen LogP contribution >= 0.6 is 22.7 Å². The number of ether oxygens (including phenoxy) is 1. The van der Waals surface area contributed by atoms with Gasteiger partial charge in [0, 0.05) is 15.8 Å². The van der Waals surface area contributed by atoms with Gasteiger partial charge >= 0.3 is 6.18 Å². The van der Waals surface area contributed by atoms with Gasteiger partial charge in [0.1, 0.15) is 27.3 Å². The number of hydrogen-bond donors (Lipinski definition) is 2. The van der Waals surface area contributed by atoms with Gasteiger partial charge in [-0.2, -0.15) is 13.2 Å². The average Bonchev–Trinajstić information content (AvgIpc) is 3.41. The molecular formula is C21H14F3N3O2S2. The SMILES string of the molecule is COc1ccc([C@@H]2NC(=O)c3sc4nc(C(F)(F)F)cc(-c5cccs5)c4c3N2)cc1. The van der Waals surface area contributed by atoms with Gasteiger partial charge in [0.2, 0.25) is 0 Å². The Morgan fingerprint density at radius 2 is 1.90 bits per heavy atom. The van der Waals surface area contributed by atoms with E-state index in [1.165, 1.54) is 11.3 Å². The number of fused-ring (bicyclic) bond motifs is 3. The highest BCUT2D eigenvalue weighted by Gasteiger charge is 2.36. The number of nitrogens with zero attached hydrogens (tertiary/aromatic N) is 1. The molecule has 0 aliphatic carbocycles. The summed E-state index contributed by atoms with van der Waals surface area (Å²) in [6.07, 6.45) is -5.13. The number of carbonyl (C=O) groups is 1. The second-order valence-electron chi connectivity index (χ2n) is 6.84. The zero-order chi connectivity index (χ0) is 21.8. The maximum Gasteiger partial charge on any atom is 0.433 e. The molecule has 2 N–H and O–H groups in total. The first kappa shape index (κ1) is 19.8. The molecule has 0 saturated carbocycles. The Kier molecular flexibility index (Phi) is 4.63. The highest BCUT2D eigenvalue weighted by molar-refractivity contribution is 7.21. The summed E-state index contributed by atoms with van der Waals surface area (Å²) < 4.78 is 45.6. The number of rotatable bonds is 3. The highest BCUT2D eigenvalue weighted by Crippen LogP contribution is 2.46. The summed E-state index contributed by atoms with van der Waals surface area (Å²) in [4.78, 5) is 17.8. The molecule has 158 valence electrons. The molecule has 1 atom stereocenters. The minimum Gasteiger partial charge on any atom is -0.497 e. The first-order valence-electron chi connectivity index (χ1n) is 9.15. The summed E-state index contributed by atoms with van der Waals surface area (Å²) in [7, 11) is 1.56. The third-order valence-electron chi connectivity index (χ3n) is 4.96. The molecule has 10 heteroatoms. The van der Waals surface area contributed by atoms with E-state index >= 15 is 0 Å². The van der Waals surface area contributed by atoms with Gasteiger partial charge in [-0.3, -0.25) is 4.79 Å². The standard InChI is InChI=1S/C21H14F3N3O2S2/c1-29-11-6-4-10(5-7-11)18-26-16-15-12(13-3-2-8-30-13)9-14(21(22,23)24)25-20(15)31-17(16)19(28)27-18/h2-9,18,26H,1H3,(H,27,28)/t18-/m0/s1. The Bertz CT molecular complexity index is 1280. The third-order valence-corrected chi connectivity index (χ3v) is 6.94. The van der Waals surface area contributed by atoms with E-state index < -0.39 is 18.0 Å². The molecule has 4 heterocycles. The number of anilines is 1. The van der Waals surface area contributed by atoms with Crippen molar-refractivity contribution in [3.8, 4) is 16.2 Å². The number of aromatic nitrogens is 1. The fraction of sp³-hybridized carbons (Fsp3) is 0.143. The highest BCUT2D eigenvalue weighted by atomic mass is 32.1. The molecule has 0 spiro atoms. The number of benzene rings is 1. The van der Waals surface area contributed by atoms with Crippen LogP contribution in [0.5, 0.6) is 5.75 Å². The van der Waals surface area contributed by atoms with Gasteiger partial charge in [-0.1, -0.05) is 18.2 Å². The quantitative estimate of drug-likeness (QED) is 0.398. The Hall–Kier alpha value is -3.11. The molecule has 1 aliphatic rings. The van der Waals surface area contributed by atoms with Crippen molar-refractivity contribution in [2.75, 3.05) is 12.4 Å². The summed E-state index contributed by atoms with van der Waals surface area (Å²) in [5.41, 5.74) is 0.709. The minimum atomic E-state index is -4.59. The van der Waals surface area contributed by atoms with Crippen LogP contribution < -0.4 is 15.4 Å². The molecular weight excluding hydrogens is 447 g/mol. The normalized spacial score (nSPS) is 16.0. The molecule has 31 heavy (non-hydrogen) atoms. The molecule has 0 fully saturated rings. The average molecular weight is 461 g/mol. The first-order chi connectivity index (χ1) is 14.8. The van der Waals surface area contributed by atoms with Crippen LogP contribution in [-0.2, 0) is 6.18 Å². The molecule has 1 aliphatic heterocycles. The van der Waals surface area contributed by atoms with Crippen molar-refractivity contribution < 1.29 is 22.7 Å². The molecule has 5 nitrogen and oxygen atoms in total. The van der Waals surface area contributed by atoms with E-state index in [1.807, 2.05) is 12.1 Å². The fourth-order valence-electron chi connectivity index (χ4n) is 3.51. The Balaban J connectivity index is 1.68. The number of halogens is 3. The van der Waals surface area contributed by atoms with Gasteiger partial charge < -0.3 is 15.4 Å². The molecule has 3 aromatic heterocycles. The minimum absolute atomic E-state index is 0.168. The molecule has 5 rings (SSSR count). The molecule has 0 bridgehead atoms. The van der Waals surface area contributed by atoms with Crippen LogP contribution in [0.2, 0.25) is 0 Å². The fourth-order valence-corrected chi connectivity index (χ4v) is 5.32. The van der Waals surface area contributed by atoms with Crippen LogP contribution in [0, 0.1) is 0 Å². The molecule has 4 aromatic rings. The smallest absolute Gasteiger partial charge is 0.433 e. The van der Waals surface area contributed by atoms with Crippen molar-refractivity contribution >= 4 is 44.5 Å². The Morgan fingerprint density at radius 1 is 1.13 bits per heavy atom. The van der Waals surface area contributed by atoms with Crippen molar-refractivity contribution in [2.24, 2.45) is 0 Å². The molecule has 0 saturated heterocycles. The van der Waals surface area contributed by atoms with E-state index in [4.69, 9.17) is 4.74 Å². The van der Waals surface area contributed by atoms with Crippen LogP contribution in [0.15, 0.2) is 47.8 Å². The van der Waals surface area contributed by atoms with Crippen molar-refractivity contribution in [1.82, 2.24) is 10.3 Å². The van der Waals surface area contributed by atoms with Gasteiger partial charge in [-0.05, 0) is 35.2 Å². The molecule has 0 radical (unpaired) electrons. The topological polar surface area (TPSA) is 63.2 Å². The number of thiophene rings is 2. The van der Waals surface area contributed by atoms with Gasteiger partial charge in [0.25, 0.3) is 5.91 Å². The molecule has 0 unspecified atom stereocenters. The van der Waals surface area contributed by atoms with E-state index in [2.05, 4.69) is 15.6 Å². The monoisotopic (exact) mass is 461 g/mol. The number of methoxy groups -OCH3 is 1. The lowest BCUT2D eigenvalue weighted by molar-refractivity contribution is -0.140. The summed E-state index contributed by atoms with van der Waals surface area (Å²) in [5, 5.41) is 8.46. The molecule has 1 aromatic carbocycles. The van der Waals surface area contributed by atoms with Crippen LogP contribution in [0.4, 0.5) is 18.9 Å². The zero-order valence-electron chi connectivity index (χ0n) is 15.9. The van der Waals surface area contributed by atoms with E-state index in [9.17, 15) is 18.0 Å². The van der Waals surface area contributed by atoms with Crippen molar-refractivity contribution in [3.05, 3.63) is 64.0 Å². The second kappa shape index (κ2) is 7.24. The maximum absolute atomic E-state index is 13.5. The van der Waals surface area contributed by atoms with Crippen LogP contribution in [0.3, 0.4) is 0 Å². The summed E-state index contributed by atoms with van der Waals surface area (Å²) >= 11 is 2.29. The van der Waals surface area contributed by atoms with E-state index in [0.717, 1.165) is 23.0 Å². The zero-order valence-corrected chi connectivity index (χ0v) is 17.5. The van der Waals surface area contributed by atoms with Crippen LogP contribution in [0.25, 0.3) is 20.7 Å². The number of pyridine rings is 1. The number of nitrogens with one attached hydrogen (secondary N) is 2. The van der Waals surface area contributed by atoms with Gasteiger partial charge in [0.05, 0.1) is 12.8 Å². The molecule has 1 amide bonds. The number of amides is 1. The summed E-state index contributed by atoms with van der Waals surface area (Å²) in [6, 6.07) is 11.8. The third kappa shape index (κ3) is 3.41. The lowest BCUT2D eigenvalue weighted by atomic mass is 10.0. The second-order valence-corrected chi connectivity index (χ2v) is 8.79.